The molecule has 4 rings (SSSR count). The summed E-state index contributed by atoms with van der Waals surface area (Å²) < 4.78 is 7.27. The van der Waals surface area contributed by atoms with E-state index in [4.69, 9.17) is 33.7 Å². The highest BCUT2D eigenvalue weighted by Crippen LogP contribution is 2.44. The molecule has 0 unspecified atom stereocenters. The van der Waals surface area contributed by atoms with E-state index in [9.17, 15) is 10.1 Å². The Balaban J connectivity index is 1.97. The summed E-state index contributed by atoms with van der Waals surface area (Å²) in [6, 6.07) is 12.6. The van der Waals surface area contributed by atoms with Crippen LogP contribution in [0.1, 0.15) is 28.3 Å². The molecule has 0 fully saturated rings. The van der Waals surface area contributed by atoms with Gasteiger partial charge >= 0.3 is 0 Å². The summed E-state index contributed by atoms with van der Waals surface area (Å²) in [7, 11) is 0. The highest BCUT2D eigenvalue weighted by Gasteiger charge is 2.35. The molecule has 2 N–H and O–H groups in total. The third kappa shape index (κ3) is 3.32. The van der Waals surface area contributed by atoms with Crippen molar-refractivity contribution in [1.82, 2.24) is 9.55 Å². The zero-order valence-electron chi connectivity index (χ0n) is 15.9. The van der Waals surface area contributed by atoms with E-state index in [-0.39, 0.29) is 22.0 Å². The molecule has 6 nitrogen and oxygen atoms in total. The van der Waals surface area contributed by atoms with Crippen LogP contribution < -0.4 is 16.0 Å². The Morgan fingerprint density at radius 1 is 1.30 bits per heavy atom. The number of nitrogens with zero attached hydrogens (tertiary/aromatic N) is 3. The summed E-state index contributed by atoms with van der Waals surface area (Å²) in [5.74, 6) is -0.550. The van der Waals surface area contributed by atoms with Gasteiger partial charge in [0.1, 0.15) is 17.4 Å². The standard InChI is InChI=1S/C22H16Cl2N4O2/c1-12-8-17-19(22(29)28(12)11-13-4-3-7-27-10-13)18(15(9-25)21(26)30-17)14-5-2-6-16(23)20(14)24/h2-8,10,18H,11,26H2,1H3/t18-/m0/s1. The first-order valence-electron chi connectivity index (χ1n) is 9.07. The summed E-state index contributed by atoms with van der Waals surface area (Å²) in [6.45, 7) is 2.13. The van der Waals surface area contributed by atoms with Gasteiger partial charge < -0.3 is 15.0 Å². The number of benzene rings is 1. The fourth-order valence-corrected chi connectivity index (χ4v) is 4.03. The zero-order valence-corrected chi connectivity index (χ0v) is 17.4. The predicted molar refractivity (Wildman–Crippen MR) is 115 cm³/mol. The van der Waals surface area contributed by atoms with Gasteiger partial charge in [0.15, 0.2) is 0 Å². The molecule has 0 saturated heterocycles. The van der Waals surface area contributed by atoms with Crippen molar-refractivity contribution in [1.29, 1.82) is 5.26 Å². The van der Waals surface area contributed by atoms with Crippen molar-refractivity contribution in [2.24, 2.45) is 5.73 Å². The Labute approximate surface area is 182 Å². The Hall–Kier alpha value is -3.27. The number of ether oxygens (including phenoxy) is 1. The molecule has 0 aliphatic carbocycles. The van der Waals surface area contributed by atoms with Crippen LogP contribution in [-0.2, 0) is 6.54 Å². The molecular weight excluding hydrogens is 423 g/mol. The lowest BCUT2D eigenvalue weighted by atomic mass is 9.84. The number of halogens is 2. The third-order valence-electron chi connectivity index (χ3n) is 5.05. The van der Waals surface area contributed by atoms with E-state index in [1.807, 2.05) is 19.1 Å². The van der Waals surface area contributed by atoms with Crippen LogP contribution in [0.5, 0.6) is 5.75 Å². The fourth-order valence-electron chi connectivity index (χ4n) is 3.61. The van der Waals surface area contributed by atoms with Crippen LogP contribution in [0.15, 0.2) is 65.0 Å². The quantitative estimate of drug-likeness (QED) is 0.663. The van der Waals surface area contributed by atoms with Gasteiger partial charge in [0, 0.05) is 24.2 Å². The number of rotatable bonds is 3. The molecule has 150 valence electrons. The zero-order chi connectivity index (χ0) is 21.4. The molecule has 1 aromatic carbocycles. The van der Waals surface area contributed by atoms with E-state index in [0.717, 1.165) is 5.56 Å². The molecular formula is C22H16Cl2N4O2. The van der Waals surface area contributed by atoms with E-state index in [0.29, 0.717) is 34.1 Å². The largest absolute Gasteiger partial charge is 0.440 e. The van der Waals surface area contributed by atoms with Gasteiger partial charge in [-0.1, -0.05) is 41.4 Å². The normalized spacial score (nSPS) is 15.3. The predicted octanol–water partition coefficient (Wildman–Crippen LogP) is 4.13. The SMILES string of the molecule is Cc1cc2c(c(=O)n1Cc1cccnc1)[C@@H](c1cccc(Cl)c1Cl)C(C#N)=C(N)O2. The first kappa shape index (κ1) is 20.0. The number of hydrogen-bond donors (Lipinski definition) is 1. The first-order chi connectivity index (χ1) is 14.4. The van der Waals surface area contributed by atoms with Gasteiger partial charge in [-0.3, -0.25) is 9.78 Å². The van der Waals surface area contributed by atoms with Gasteiger partial charge in [-0.15, -0.1) is 0 Å². The number of hydrogen-bond acceptors (Lipinski definition) is 5. The van der Waals surface area contributed by atoms with E-state index < -0.39 is 5.92 Å². The second-order valence-electron chi connectivity index (χ2n) is 6.88. The second-order valence-corrected chi connectivity index (χ2v) is 7.67. The minimum Gasteiger partial charge on any atom is -0.440 e. The van der Waals surface area contributed by atoms with Crippen molar-refractivity contribution in [3.8, 4) is 11.8 Å². The summed E-state index contributed by atoms with van der Waals surface area (Å²) in [5, 5.41) is 10.3. The lowest BCUT2D eigenvalue weighted by Crippen LogP contribution is -2.33. The van der Waals surface area contributed by atoms with E-state index >= 15 is 0 Å². The average molecular weight is 439 g/mol. The molecule has 2 aromatic heterocycles. The average Bonchev–Trinajstić information content (AvgIpc) is 2.73. The smallest absolute Gasteiger partial charge is 0.259 e. The molecule has 0 saturated carbocycles. The molecule has 1 aliphatic rings. The lowest BCUT2D eigenvalue weighted by Gasteiger charge is -2.28. The van der Waals surface area contributed by atoms with Crippen LogP contribution in [0.25, 0.3) is 0 Å². The summed E-state index contributed by atoms with van der Waals surface area (Å²) in [5.41, 5.74) is 8.20. The summed E-state index contributed by atoms with van der Waals surface area (Å²) in [4.78, 5) is 17.7. The monoisotopic (exact) mass is 438 g/mol. The van der Waals surface area contributed by atoms with Gasteiger partial charge in [0.25, 0.3) is 5.56 Å². The first-order valence-corrected chi connectivity index (χ1v) is 9.82. The van der Waals surface area contributed by atoms with Gasteiger partial charge in [-0.25, -0.2) is 0 Å². The van der Waals surface area contributed by atoms with E-state index in [1.165, 1.54) is 0 Å². The number of nitriles is 1. The molecule has 30 heavy (non-hydrogen) atoms. The number of aromatic nitrogens is 2. The molecule has 8 heteroatoms. The Morgan fingerprint density at radius 3 is 2.80 bits per heavy atom. The van der Waals surface area contributed by atoms with Crippen LogP contribution in [0, 0.1) is 18.3 Å². The summed E-state index contributed by atoms with van der Waals surface area (Å²) >= 11 is 12.7. The Kier molecular flexibility index (Phi) is 5.25. The van der Waals surface area contributed by atoms with Crippen molar-refractivity contribution < 1.29 is 4.74 Å². The van der Waals surface area contributed by atoms with Crippen molar-refractivity contribution >= 4 is 23.2 Å². The van der Waals surface area contributed by atoms with Crippen LogP contribution >= 0.6 is 23.2 Å². The van der Waals surface area contributed by atoms with Crippen molar-refractivity contribution in [3.05, 3.63) is 103 Å². The van der Waals surface area contributed by atoms with Crippen molar-refractivity contribution in [2.75, 3.05) is 0 Å². The number of fused-ring (bicyclic) bond motifs is 1. The second kappa shape index (κ2) is 7.86. The number of nitrogens with two attached hydrogens (primary N) is 1. The van der Waals surface area contributed by atoms with E-state index in [1.54, 1.807) is 41.2 Å². The third-order valence-corrected chi connectivity index (χ3v) is 5.88. The van der Waals surface area contributed by atoms with Crippen LogP contribution in [0.2, 0.25) is 10.0 Å². The molecule has 0 bridgehead atoms. The Bertz CT molecular complexity index is 1280. The molecule has 0 radical (unpaired) electrons. The van der Waals surface area contributed by atoms with Crippen LogP contribution in [0.3, 0.4) is 0 Å². The minimum absolute atomic E-state index is 0.0603. The van der Waals surface area contributed by atoms with Crippen LogP contribution in [-0.4, -0.2) is 9.55 Å². The molecule has 1 aliphatic heterocycles. The molecule has 0 spiro atoms. The maximum atomic E-state index is 13.6. The number of pyridine rings is 2. The maximum Gasteiger partial charge on any atom is 0.259 e. The highest BCUT2D eigenvalue weighted by molar-refractivity contribution is 6.42. The van der Waals surface area contributed by atoms with Crippen molar-refractivity contribution in [2.45, 2.75) is 19.4 Å². The van der Waals surface area contributed by atoms with Gasteiger partial charge in [-0.05, 0) is 30.2 Å². The fraction of sp³-hybridized carbons (Fsp3) is 0.136. The highest BCUT2D eigenvalue weighted by atomic mass is 35.5. The molecule has 1 atom stereocenters. The number of allylic oxidation sites excluding steroid dienone is 1. The lowest BCUT2D eigenvalue weighted by molar-refractivity contribution is 0.389. The molecule has 3 heterocycles. The van der Waals surface area contributed by atoms with E-state index in [2.05, 4.69) is 11.1 Å². The van der Waals surface area contributed by atoms with Gasteiger partial charge in [0.2, 0.25) is 5.88 Å². The molecule has 3 aromatic rings. The minimum atomic E-state index is -0.793. The Morgan fingerprint density at radius 2 is 2.10 bits per heavy atom. The number of aryl methyl sites for hydroxylation is 1. The van der Waals surface area contributed by atoms with Crippen molar-refractivity contribution in [3.63, 3.8) is 0 Å². The van der Waals surface area contributed by atoms with Gasteiger partial charge in [-0.2, -0.15) is 5.26 Å². The van der Waals surface area contributed by atoms with Crippen LogP contribution in [0.4, 0.5) is 0 Å². The summed E-state index contributed by atoms with van der Waals surface area (Å²) in [6.07, 6.45) is 3.37. The van der Waals surface area contributed by atoms with Gasteiger partial charge in [0.05, 0.1) is 28.1 Å². The molecule has 0 amide bonds. The maximum absolute atomic E-state index is 13.6. The topological polar surface area (TPSA) is 93.9 Å².